The second-order valence-electron chi connectivity index (χ2n) is 4.50. The molecule has 0 aliphatic carbocycles. The zero-order valence-electron chi connectivity index (χ0n) is 11.8. The van der Waals surface area contributed by atoms with Crippen molar-refractivity contribution in [3.8, 4) is 0 Å². The average Bonchev–Trinajstić information content (AvgIpc) is 2.42. The van der Waals surface area contributed by atoms with Crippen LogP contribution in [0.3, 0.4) is 0 Å². The highest BCUT2D eigenvalue weighted by molar-refractivity contribution is 5.86. The van der Waals surface area contributed by atoms with E-state index in [2.05, 4.69) is 11.9 Å². The number of hydrogen-bond acceptors (Lipinski definition) is 4. The third kappa shape index (κ3) is 4.38. The van der Waals surface area contributed by atoms with Gasteiger partial charge in [0.05, 0.1) is 4.92 Å². The molecule has 108 valence electrons. The normalized spacial score (nSPS) is 9.90. The summed E-state index contributed by atoms with van der Waals surface area (Å²) in [5.74, 6) is -0.182. The van der Waals surface area contributed by atoms with Crippen molar-refractivity contribution < 1.29 is 9.72 Å². The largest absolute Gasteiger partial charge is 0.375 e. The molecule has 0 saturated heterocycles. The zero-order chi connectivity index (χ0) is 15.1. The minimum absolute atomic E-state index is 0.125. The van der Waals surface area contributed by atoms with Gasteiger partial charge in [-0.3, -0.25) is 14.9 Å². The number of nitrogens with zero attached hydrogens (tertiary/aromatic N) is 2. The summed E-state index contributed by atoms with van der Waals surface area (Å²) in [6.45, 7) is 6.41. The molecule has 0 saturated carbocycles. The van der Waals surface area contributed by atoms with E-state index in [1.807, 2.05) is 11.9 Å². The highest BCUT2D eigenvalue weighted by Crippen LogP contribution is 2.23. The number of carbonyl (C=O) groups is 1. The lowest BCUT2D eigenvalue weighted by Crippen LogP contribution is -2.26. The molecule has 6 nitrogen and oxygen atoms in total. The van der Waals surface area contributed by atoms with E-state index in [1.165, 1.54) is 12.1 Å². The van der Waals surface area contributed by atoms with Crippen LogP contribution in [0.15, 0.2) is 30.9 Å². The molecule has 0 unspecified atom stereocenters. The maximum absolute atomic E-state index is 11.0. The van der Waals surface area contributed by atoms with Gasteiger partial charge in [-0.15, -0.1) is 0 Å². The summed E-state index contributed by atoms with van der Waals surface area (Å²) in [7, 11) is 1.91. The zero-order valence-corrected chi connectivity index (χ0v) is 11.8. The number of rotatable bonds is 7. The lowest BCUT2D eigenvalue weighted by Gasteiger charge is -2.19. The van der Waals surface area contributed by atoms with Gasteiger partial charge in [0.1, 0.15) is 0 Å². The van der Waals surface area contributed by atoms with Gasteiger partial charge in [0, 0.05) is 37.5 Å². The molecule has 0 radical (unpaired) electrons. The number of carbonyl (C=O) groups excluding carboxylic acids is 1. The highest BCUT2D eigenvalue weighted by Gasteiger charge is 2.11. The molecule has 20 heavy (non-hydrogen) atoms. The minimum atomic E-state index is -0.385. The molecule has 0 aliphatic heterocycles. The monoisotopic (exact) mass is 277 g/mol. The van der Waals surface area contributed by atoms with Gasteiger partial charge in [-0.2, -0.15) is 0 Å². The van der Waals surface area contributed by atoms with Crippen LogP contribution >= 0.6 is 0 Å². The predicted molar refractivity (Wildman–Crippen MR) is 78.9 cm³/mol. The molecule has 0 fully saturated rings. The number of anilines is 1. The Morgan fingerprint density at radius 2 is 2.25 bits per heavy atom. The first-order valence-electron chi connectivity index (χ1n) is 6.32. The predicted octanol–water partition coefficient (Wildman–Crippen LogP) is 2.03. The quantitative estimate of drug-likeness (QED) is 0.358. The molecule has 1 aromatic rings. The van der Waals surface area contributed by atoms with Crippen LogP contribution in [0.4, 0.5) is 11.4 Å². The third-order valence-corrected chi connectivity index (χ3v) is 2.97. The summed E-state index contributed by atoms with van der Waals surface area (Å²) in [6.07, 6.45) is 2.02. The van der Waals surface area contributed by atoms with E-state index in [0.717, 1.165) is 18.7 Å². The number of nitro benzene ring substituents is 1. The van der Waals surface area contributed by atoms with Crippen molar-refractivity contribution in [2.75, 3.05) is 25.0 Å². The SMILES string of the molecule is C=CC(=O)NCCCN(C)c1ccc([N+](=O)[O-])c(C)c1. The summed E-state index contributed by atoms with van der Waals surface area (Å²) in [6, 6.07) is 5.04. The van der Waals surface area contributed by atoms with Crippen LogP contribution in [0.25, 0.3) is 0 Å². The van der Waals surface area contributed by atoms with Crippen LogP contribution in [-0.4, -0.2) is 31.0 Å². The Morgan fingerprint density at radius 1 is 1.55 bits per heavy atom. The number of nitro groups is 1. The van der Waals surface area contributed by atoms with Crippen LogP contribution in [0.5, 0.6) is 0 Å². The van der Waals surface area contributed by atoms with Gasteiger partial charge in [-0.25, -0.2) is 0 Å². The van der Waals surface area contributed by atoms with Gasteiger partial charge in [0.15, 0.2) is 0 Å². The lowest BCUT2D eigenvalue weighted by atomic mass is 10.1. The first-order chi connectivity index (χ1) is 9.45. The molecule has 0 heterocycles. The molecule has 0 bridgehead atoms. The van der Waals surface area contributed by atoms with E-state index in [9.17, 15) is 14.9 Å². The van der Waals surface area contributed by atoms with E-state index in [4.69, 9.17) is 0 Å². The molecule has 0 aliphatic rings. The van der Waals surface area contributed by atoms with Crippen molar-refractivity contribution in [1.29, 1.82) is 0 Å². The van der Waals surface area contributed by atoms with Crippen molar-refractivity contribution in [2.45, 2.75) is 13.3 Å². The van der Waals surface area contributed by atoms with Crippen molar-refractivity contribution in [3.63, 3.8) is 0 Å². The van der Waals surface area contributed by atoms with Crippen molar-refractivity contribution >= 4 is 17.3 Å². The fraction of sp³-hybridized carbons (Fsp3) is 0.357. The van der Waals surface area contributed by atoms with Crippen LogP contribution in [-0.2, 0) is 4.79 Å². The number of hydrogen-bond donors (Lipinski definition) is 1. The smallest absolute Gasteiger partial charge is 0.272 e. The summed E-state index contributed by atoms with van der Waals surface area (Å²) >= 11 is 0. The van der Waals surface area contributed by atoms with Crippen LogP contribution in [0.2, 0.25) is 0 Å². The van der Waals surface area contributed by atoms with E-state index < -0.39 is 0 Å². The molecular formula is C14H19N3O3. The Hall–Kier alpha value is -2.37. The van der Waals surface area contributed by atoms with E-state index >= 15 is 0 Å². The van der Waals surface area contributed by atoms with Gasteiger partial charge >= 0.3 is 0 Å². The maximum Gasteiger partial charge on any atom is 0.272 e. The van der Waals surface area contributed by atoms with Crippen molar-refractivity contribution in [2.24, 2.45) is 0 Å². The summed E-state index contributed by atoms with van der Waals surface area (Å²) in [5.41, 5.74) is 1.68. The summed E-state index contributed by atoms with van der Waals surface area (Å²) in [4.78, 5) is 23.3. The number of amides is 1. The Morgan fingerprint density at radius 3 is 2.80 bits per heavy atom. The Kier molecular flexibility index (Phi) is 5.71. The Balaban J connectivity index is 2.53. The first kappa shape index (κ1) is 15.7. The number of aryl methyl sites for hydroxylation is 1. The minimum Gasteiger partial charge on any atom is -0.375 e. The topological polar surface area (TPSA) is 75.5 Å². The van der Waals surface area contributed by atoms with E-state index in [-0.39, 0.29) is 16.5 Å². The number of benzene rings is 1. The van der Waals surface area contributed by atoms with Crippen molar-refractivity contribution in [1.82, 2.24) is 5.32 Å². The maximum atomic E-state index is 11.0. The molecule has 1 N–H and O–H groups in total. The van der Waals surface area contributed by atoms with Crippen LogP contribution in [0, 0.1) is 17.0 Å². The highest BCUT2D eigenvalue weighted by atomic mass is 16.6. The van der Waals surface area contributed by atoms with Gasteiger partial charge in [0.25, 0.3) is 5.69 Å². The fourth-order valence-electron chi connectivity index (χ4n) is 1.81. The Bertz CT molecular complexity index is 514. The molecule has 0 aromatic heterocycles. The molecule has 1 rings (SSSR count). The van der Waals surface area contributed by atoms with Gasteiger partial charge < -0.3 is 10.2 Å². The summed E-state index contributed by atoms with van der Waals surface area (Å²) < 4.78 is 0. The van der Waals surface area contributed by atoms with E-state index in [1.54, 1.807) is 19.1 Å². The van der Waals surface area contributed by atoms with Crippen LogP contribution < -0.4 is 10.2 Å². The molecule has 6 heteroatoms. The third-order valence-electron chi connectivity index (χ3n) is 2.97. The van der Waals surface area contributed by atoms with Crippen LogP contribution in [0.1, 0.15) is 12.0 Å². The molecule has 0 atom stereocenters. The standard InChI is InChI=1S/C14H19N3O3/c1-4-14(18)15-8-5-9-16(3)12-6-7-13(17(19)20)11(2)10-12/h4,6-7,10H,1,5,8-9H2,2-3H3,(H,15,18). The Labute approximate surface area is 118 Å². The first-order valence-corrected chi connectivity index (χ1v) is 6.32. The molecule has 0 spiro atoms. The summed E-state index contributed by atoms with van der Waals surface area (Å²) in [5, 5.41) is 13.5. The molecule has 1 amide bonds. The number of nitrogens with one attached hydrogen (secondary N) is 1. The van der Waals surface area contributed by atoms with E-state index in [0.29, 0.717) is 12.1 Å². The second kappa shape index (κ2) is 7.28. The van der Waals surface area contributed by atoms with Gasteiger partial charge in [-0.05, 0) is 31.6 Å². The van der Waals surface area contributed by atoms with Gasteiger partial charge in [0.2, 0.25) is 5.91 Å². The molecule has 1 aromatic carbocycles. The van der Waals surface area contributed by atoms with Crippen molar-refractivity contribution in [3.05, 3.63) is 46.5 Å². The fourth-order valence-corrected chi connectivity index (χ4v) is 1.81. The molecular weight excluding hydrogens is 258 g/mol. The average molecular weight is 277 g/mol. The second-order valence-corrected chi connectivity index (χ2v) is 4.50. The lowest BCUT2D eigenvalue weighted by molar-refractivity contribution is -0.385. The van der Waals surface area contributed by atoms with Gasteiger partial charge in [-0.1, -0.05) is 6.58 Å².